The summed E-state index contributed by atoms with van der Waals surface area (Å²) in [6.45, 7) is 3.56. The van der Waals surface area contributed by atoms with E-state index < -0.39 is 0 Å². The molecule has 0 saturated carbocycles. The van der Waals surface area contributed by atoms with Crippen molar-refractivity contribution in [1.82, 2.24) is 10.4 Å². The zero-order valence-corrected chi connectivity index (χ0v) is 16.9. The molecule has 0 unspecified atom stereocenters. The van der Waals surface area contributed by atoms with Crippen molar-refractivity contribution in [3.63, 3.8) is 0 Å². The summed E-state index contributed by atoms with van der Waals surface area (Å²) in [6, 6.07) is 17.0. The Bertz CT molecular complexity index is 876. The average molecular weight is 394 g/mol. The fourth-order valence-corrected chi connectivity index (χ4v) is 3.12. The van der Waals surface area contributed by atoms with E-state index in [4.69, 9.17) is 9.47 Å². The van der Waals surface area contributed by atoms with Crippen LogP contribution in [0.2, 0.25) is 0 Å². The zero-order valence-electron chi connectivity index (χ0n) is 16.9. The Labute approximate surface area is 171 Å². The van der Waals surface area contributed by atoms with Crippen molar-refractivity contribution >= 4 is 17.6 Å². The molecule has 0 aromatic heterocycles. The predicted molar refractivity (Wildman–Crippen MR) is 111 cm³/mol. The summed E-state index contributed by atoms with van der Waals surface area (Å²) < 4.78 is 10.4. The normalized spacial score (nSPS) is 15.7. The number of nitrogens with zero attached hydrogens (tertiary/aromatic N) is 1. The topological polar surface area (TPSA) is 67.9 Å². The van der Waals surface area contributed by atoms with Gasteiger partial charge in [-0.1, -0.05) is 56.3 Å². The number of carbonyl (C=O) groups excluding carboxylic acids is 2. The van der Waals surface area contributed by atoms with Gasteiger partial charge in [-0.2, -0.15) is 0 Å². The second-order valence-corrected chi connectivity index (χ2v) is 7.30. The number of amides is 1. The summed E-state index contributed by atoms with van der Waals surface area (Å²) in [5.74, 6) is 0.239. The standard InChI is InChI=1S/C23H26N2O4/c1-16(2)13-23(27)29-15-22(26)25-21(18-9-11-19(28-3)12-10-18)14-20(24-25)17-7-5-4-6-8-17/h4-12,14,16,21,24H,13,15H2,1-3H3/t21-/m1/s1. The molecule has 1 atom stereocenters. The van der Waals surface area contributed by atoms with Gasteiger partial charge in [-0.15, -0.1) is 0 Å². The first-order valence-electron chi connectivity index (χ1n) is 9.63. The van der Waals surface area contributed by atoms with E-state index in [0.717, 1.165) is 22.6 Å². The molecule has 0 spiro atoms. The zero-order chi connectivity index (χ0) is 20.8. The highest BCUT2D eigenvalue weighted by Crippen LogP contribution is 2.32. The third-order valence-corrected chi connectivity index (χ3v) is 4.59. The van der Waals surface area contributed by atoms with Crippen molar-refractivity contribution in [3.8, 4) is 5.75 Å². The number of esters is 1. The highest BCUT2D eigenvalue weighted by molar-refractivity contribution is 5.83. The van der Waals surface area contributed by atoms with Crippen LogP contribution in [0.15, 0.2) is 60.7 Å². The Morgan fingerprint density at radius 2 is 1.76 bits per heavy atom. The number of rotatable bonds is 7. The maximum Gasteiger partial charge on any atom is 0.306 e. The molecule has 1 aliphatic heterocycles. The maximum atomic E-state index is 12.8. The molecule has 2 aromatic rings. The van der Waals surface area contributed by atoms with Gasteiger partial charge in [-0.3, -0.25) is 15.0 Å². The van der Waals surface area contributed by atoms with Gasteiger partial charge in [0.25, 0.3) is 5.91 Å². The number of methoxy groups -OCH3 is 1. The van der Waals surface area contributed by atoms with E-state index in [1.165, 1.54) is 5.01 Å². The molecular weight excluding hydrogens is 368 g/mol. The summed E-state index contributed by atoms with van der Waals surface area (Å²) in [5.41, 5.74) is 5.89. The van der Waals surface area contributed by atoms with E-state index in [2.05, 4.69) is 5.43 Å². The molecule has 0 radical (unpaired) electrons. The summed E-state index contributed by atoms with van der Waals surface area (Å²) >= 11 is 0. The molecule has 152 valence electrons. The summed E-state index contributed by atoms with van der Waals surface area (Å²) in [5, 5.41) is 1.51. The molecular formula is C23H26N2O4. The van der Waals surface area contributed by atoms with Crippen LogP contribution in [0.3, 0.4) is 0 Å². The minimum absolute atomic E-state index is 0.181. The van der Waals surface area contributed by atoms with E-state index in [1.54, 1.807) is 7.11 Å². The number of nitrogens with one attached hydrogen (secondary N) is 1. The molecule has 6 heteroatoms. The van der Waals surface area contributed by atoms with Crippen LogP contribution in [0, 0.1) is 5.92 Å². The first-order valence-corrected chi connectivity index (χ1v) is 9.63. The molecule has 0 fully saturated rings. The third kappa shape index (κ3) is 5.16. The number of ether oxygens (including phenoxy) is 2. The number of benzene rings is 2. The van der Waals surface area contributed by atoms with E-state index >= 15 is 0 Å². The highest BCUT2D eigenvalue weighted by Gasteiger charge is 2.31. The molecule has 3 rings (SSSR count). The smallest absolute Gasteiger partial charge is 0.306 e. The van der Waals surface area contributed by atoms with Crippen molar-refractivity contribution in [3.05, 3.63) is 71.8 Å². The van der Waals surface area contributed by atoms with Gasteiger partial charge >= 0.3 is 5.97 Å². The lowest BCUT2D eigenvalue weighted by atomic mass is 10.0. The van der Waals surface area contributed by atoms with Gasteiger partial charge in [0.2, 0.25) is 0 Å². The van der Waals surface area contributed by atoms with Crippen LogP contribution in [-0.4, -0.2) is 30.6 Å². The molecule has 2 aromatic carbocycles. The largest absolute Gasteiger partial charge is 0.497 e. The summed E-state index contributed by atoms with van der Waals surface area (Å²) in [6.07, 6.45) is 2.28. The monoisotopic (exact) mass is 394 g/mol. The van der Waals surface area contributed by atoms with Crippen LogP contribution in [0.4, 0.5) is 0 Å². The van der Waals surface area contributed by atoms with Gasteiger partial charge in [-0.05, 0) is 35.3 Å². The summed E-state index contributed by atoms with van der Waals surface area (Å²) in [4.78, 5) is 24.7. The lowest BCUT2D eigenvalue weighted by Crippen LogP contribution is -2.42. The van der Waals surface area contributed by atoms with Crippen LogP contribution >= 0.6 is 0 Å². The molecule has 0 aliphatic carbocycles. The van der Waals surface area contributed by atoms with E-state index in [9.17, 15) is 9.59 Å². The number of hydrazine groups is 1. The predicted octanol–water partition coefficient (Wildman–Crippen LogP) is 3.71. The second kappa shape index (κ2) is 9.28. The first kappa shape index (κ1) is 20.5. The van der Waals surface area contributed by atoms with Crippen LogP contribution in [0.25, 0.3) is 5.70 Å². The van der Waals surface area contributed by atoms with Crippen molar-refractivity contribution in [2.45, 2.75) is 26.3 Å². The first-order chi connectivity index (χ1) is 14.0. The van der Waals surface area contributed by atoms with Crippen LogP contribution in [0.1, 0.15) is 37.4 Å². The van der Waals surface area contributed by atoms with Crippen molar-refractivity contribution < 1.29 is 19.1 Å². The summed E-state index contributed by atoms with van der Waals surface area (Å²) in [7, 11) is 1.61. The van der Waals surface area contributed by atoms with Crippen molar-refractivity contribution in [1.29, 1.82) is 0 Å². The third-order valence-electron chi connectivity index (χ3n) is 4.59. The van der Waals surface area contributed by atoms with Gasteiger partial charge in [0.15, 0.2) is 6.61 Å². The maximum absolute atomic E-state index is 12.8. The second-order valence-electron chi connectivity index (χ2n) is 7.30. The molecule has 1 aliphatic rings. The minimum atomic E-state index is -0.371. The SMILES string of the molecule is COc1ccc([C@H]2C=C(c3ccccc3)NN2C(=O)COC(=O)CC(C)C)cc1. The highest BCUT2D eigenvalue weighted by atomic mass is 16.5. The van der Waals surface area contributed by atoms with E-state index in [-0.39, 0.29) is 36.9 Å². The molecule has 29 heavy (non-hydrogen) atoms. The van der Waals surface area contributed by atoms with Gasteiger partial charge < -0.3 is 9.47 Å². The van der Waals surface area contributed by atoms with Gasteiger partial charge in [-0.25, -0.2) is 5.01 Å². The van der Waals surface area contributed by atoms with Crippen molar-refractivity contribution in [2.75, 3.05) is 13.7 Å². The number of carbonyl (C=O) groups is 2. The number of hydrogen-bond donors (Lipinski definition) is 1. The molecule has 0 bridgehead atoms. The van der Waals surface area contributed by atoms with E-state index in [0.29, 0.717) is 0 Å². The lowest BCUT2D eigenvalue weighted by Gasteiger charge is -2.25. The molecule has 0 saturated heterocycles. The van der Waals surface area contributed by atoms with Crippen LogP contribution in [0.5, 0.6) is 5.75 Å². The van der Waals surface area contributed by atoms with Gasteiger partial charge in [0.05, 0.1) is 18.8 Å². The Kier molecular flexibility index (Phi) is 6.54. The lowest BCUT2D eigenvalue weighted by molar-refractivity contribution is -0.154. The minimum Gasteiger partial charge on any atom is -0.497 e. The fourth-order valence-electron chi connectivity index (χ4n) is 3.12. The fraction of sp³-hybridized carbons (Fsp3) is 0.304. The Balaban J connectivity index is 1.80. The van der Waals surface area contributed by atoms with Gasteiger partial charge in [0.1, 0.15) is 5.75 Å². The van der Waals surface area contributed by atoms with Gasteiger partial charge in [0, 0.05) is 6.42 Å². The Hall–Kier alpha value is -3.28. The molecule has 1 heterocycles. The Morgan fingerprint density at radius 3 is 2.38 bits per heavy atom. The van der Waals surface area contributed by atoms with E-state index in [1.807, 2.05) is 74.5 Å². The average Bonchev–Trinajstić information content (AvgIpc) is 3.18. The Morgan fingerprint density at radius 1 is 1.07 bits per heavy atom. The van der Waals surface area contributed by atoms with Crippen molar-refractivity contribution in [2.24, 2.45) is 5.92 Å². The molecule has 1 amide bonds. The molecule has 1 N–H and O–H groups in total. The molecule has 6 nitrogen and oxygen atoms in total. The van der Waals surface area contributed by atoms with Crippen LogP contribution < -0.4 is 10.2 Å². The van der Waals surface area contributed by atoms with Crippen LogP contribution in [-0.2, 0) is 14.3 Å². The number of hydrogen-bond acceptors (Lipinski definition) is 5. The quantitative estimate of drug-likeness (QED) is 0.725.